The van der Waals surface area contributed by atoms with E-state index in [0.29, 0.717) is 12.8 Å². The lowest BCUT2D eigenvalue weighted by Crippen LogP contribution is -2.39. The fourth-order valence-electron chi connectivity index (χ4n) is 2.81. The summed E-state index contributed by atoms with van der Waals surface area (Å²) in [6, 6.07) is 0. The second-order valence-electron chi connectivity index (χ2n) is 5.29. The van der Waals surface area contributed by atoms with Crippen molar-refractivity contribution in [2.75, 3.05) is 6.54 Å². The number of carbonyl (C=O) groups is 4. The maximum atomic E-state index is 12.1. The summed E-state index contributed by atoms with van der Waals surface area (Å²) >= 11 is 0. The highest BCUT2D eigenvalue weighted by Crippen LogP contribution is 2.37. The van der Waals surface area contributed by atoms with Gasteiger partial charge >= 0.3 is 5.97 Å². The number of hydrogen-bond acceptors (Lipinski definition) is 5. The standard InChI is InChI=1S/C13H18N2O5/c1-7(11(14)17)20-10(16)6-15-12(18)8-4-2-3-5-9(8)13(15)19/h7-9H,2-6H2,1H3,(H2,14,17)/t7-,8-,9+/m0/s1. The lowest BCUT2D eigenvalue weighted by atomic mass is 9.81. The number of hydrogen-bond donors (Lipinski definition) is 1. The van der Waals surface area contributed by atoms with Crippen LogP contribution in [0.3, 0.4) is 0 Å². The predicted octanol–water partition coefficient (Wildman–Crippen LogP) is -0.421. The number of rotatable bonds is 4. The van der Waals surface area contributed by atoms with Gasteiger partial charge in [0.15, 0.2) is 6.10 Å². The van der Waals surface area contributed by atoms with E-state index in [1.54, 1.807) is 0 Å². The summed E-state index contributed by atoms with van der Waals surface area (Å²) in [6.45, 7) is 0.899. The highest BCUT2D eigenvalue weighted by molar-refractivity contribution is 6.07. The molecule has 1 saturated heterocycles. The van der Waals surface area contributed by atoms with E-state index < -0.39 is 24.5 Å². The smallest absolute Gasteiger partial charge is 0.326 e. The fourth-order valence-corrected chi connectivity index (χ4v) is 2.81. The van der Waals surface area contributed by atoms with Crippen molar-refractivity contribution in [2.45, 2.75) is 38.7 Å². The molecule has 3 amide bonds. The number of likely N-dealkylation sites (tertiary alicyclic amines) is 1. The van der Waals surface area contributed by atoms with Crippen molar-refractivity contribution < 1.29 is 23.9 Å². The topological polar surface area (TPSA) is 107 Å². The zero-order chi connectivity index (χ0) is 14.9. The van der Waals surface area contributed by atoms with Crippen LogP contribution in [0.5, 0.6) is 0 Å². The van der Waals surface area contributed by atoms with Gasteiger partial charge in [0.1, 0.15) is 6.54 Å². The van der Waals surface area contributed by atoms with Crippen molar-refractivity contribution >= 4 is 23.7 Å². The van der Waals surface area contributed by atoms with Crippen LogP contribution in [-0.2, 0) is 23.9 Å². The first kappa shape index (κ1) is 14.5. The molecule has 0 unspecified atom stereocenters. The number of imide groups is 1. The number of nitrogens with zero attached hydrogens (tertiary/aromatic N) is 1. The zero-order valence-electron chi connectivity index (χ0n) is 11.3. The maximum Gasteiger partial charge on any atom is 0.326 e. The van der Waals surface area contributed by atoms with Gasteiger partial charge in [0.2, 0.25) is 11.8 Å². The highest BCUT2D eigenvalue weighted by atomic mass is 16.5. The zero-order valence-corrected chi connectivity index (χ0v) is 11.3. The fraction of sp³-hybridized carbons (Fsp3) is 0.692. The van der Waals surface area contributed by atoms with Crippen LogP contribution in [0.15, 0.2) is 0 Å². The quantitative estimate of drug-likeness (QED) is 0.556. The Morgan fingerprint density at radius 3 is 2.20 bits per heavy atom. The molecule has 0 aromatic carbocycles. The molecule has 0 radical (unpaired) electrons. The Hall–Kier alpha value is -1.92. The molecule has 110 valence electrons. The van der Waals surface area contributed by atoms with E-state index >= 15 is 0 Å². The van der Waals surface area contributed by atoms with Gasteiger partial charge in [-0.2, -0.15) is 0 Å². The number of esters is 1. The Morgan fingerprint density at radius 1 is 1.25 bits per heavy atom. The lowest BCUT2D eigenvalue weighted by molar-refractivity contribution is -0.158. The molecule has 7 nitrogen and oxygen atoms in total. The number of primary amides is 1. The maximum absolute atomic E-state index is 12.1. The van der Waals surface area contributed by atoms with Crippen LogP contribution in [0.4, 0.5) is 0 Å². The Labute approximate surface area is 116 Å². The second-order valence-corrected chi connectivity index (χ2v) is 5.29. The molecule has 3 atom stereocenters. The Kier molecular flexibility index (Phi) is 4.06. The van der Waals surface area contributed by atoms with E-state index in [0.717, 1.165) is 17.7 Å². The monoisotopic (exact) mass is 282 g/mol. The summed E-state index contributed by atoms with van der Waals surface area (Å²) in [4.78, 5) is 47.6. The van der Waals surface area contributed by atoms with Gasteiger partial charge < -0.3 is 10.5 Å². The summed E-state index contributed by atoms with van der Waals surface area (Å²) in [5, 5.41) is 0. The third-order valence-electron chi connectivity index (χ3n) is 3.93. The summed E-state index contributed by atoms with van der Waals surface area (Å²) in [6.07, 6.45) is 2.17. The van der Waals surface area contributed by atoms with Gasteiger partial charge in [-0.1, -0.05) is 12.8 Å². The molecule has 2 aliphatic rings. The first-order chi connectivity index (χ1) is 9.41. The Balaban J connectivity index is 1.99. The minimum absolute atomic E-state index is 0.294. The molecule has 7 heteroatoms. The van der Waals surface area contributed by atoms with Crippen LogP contribution in [0.2, 0.25) is 0 Å². The van der Waals surface area contributed by atoms with Gasteiger partial charge in [-0.3, -0.25) is 24.1 Å². The molecule has 1 saturated carbocycles. The van der Waals surface area contributed by atoms with Crippen molar-refractivity contribution in [3.8, 4) is 0 Å². The third kappa shape index (κ3) is 2.66. The van der Waals surface area contributed by atoms with Crippen LogP contribution < -0.4 is 5.73 Å². The molecule has 0 aromatic heterocycles. The lowest BCUT2D eigenvalue weighted by Gasteiger charge is -2.19. The second kappa shape index (κ2) is 5.60. The molecule has 1 aliphatic carbocycles. The van der Waals surface area contributed by atoms with E-state index in [1.807, 2.05) is 0 Å². The van der Waals surface area contributed by atoms with Crippen molar-refractivity contribution in [3.63, 3.8) is 0 Å². The summed E-state index contributed by atoms with van der Waals surface area (Å²) in [5.74, 6) is -2.76. The minimum atomic E-state index is -1.07. The Morgan fingerprint density at radius 2 is 1.75 bits per heavy atom. The van der Waals surface area contributed by atoms with Crippen LogP contribution in [-0.4, -0.2) is 41.2 Å². The number of fused-ring (bicyclic) bond motifs is 1. The highest BCUT2D eigenvalue weighted by Gasteiger charge is 2.48. The molecule has 0 aromatic rings. The molecule has 1 aliphatic heterocycles. The predicted molar refractivity (Wildman–Crippen MR) is 66.9 cm³/mol. The van der Waals surface area contributed by atoms with Crippen molar-refractivity contribution in [1.29, 1.82) is 0 Å². The van der Waals surface area contributed by atoms with Crippen LogP contribution >= 0.6 is 0 Å². The van der Waals surface area contributed by atoms with Crippen molar-refractivity contribution in [1.82, 2.24) is 4.90 Å². The number of ether oxygens (including phenoxy) is 1. The van der Waals surface area contributed by atoms with Crippen molar-refractivity contribution in [3.05, 3.63) is 0 Å². The number of nitrogens with two attached hydrogens (primary N) is 1. The molecule has 2 rings (SSSR count). The molecule has 0 bridgehead atoms. The van der Waals surface area contributed by atoms with Gasteiger partial charge in [0.05, 0.1) is 11.8 Å². The molecule has 2 N–H and O–H groups in total. The summed E-state index contributed by atoms with van der Waals surface area (Å²) < 4.78 is 4.76. The largest absolute Gasteiger partial charge is 0.451 e. The van der Waals surface area contributed by atoms with E-state index in [2.05, 4.69) is 0 Å². The van der Waals surface area contributed by atoms with Crippen LogP contribution in [0.25, 0.3) is 0 Å². The van der Waals surface area contributed by atoms with Gasteiger partial charge in [-0.25, -0.2) is 0 Å². The van der Waals surface area contributed by atoms with Gasteiger partial charge in [0, 0.05) is 0 Å². The van der Waals surface area contributed by atoms with E-state index in [-0.39, 0.29) is 23.7 Å². The molecule has 20 heavy (non-hydrogen) atoms. The number of carbonyl (C=O) groups excluding carboxylic acids is 4. The summed E-state index contributed by atoms with van der Waals surface area (Å²) in [5.41, 5.74) is 4.98. The summed E-state index contributed by atoms with van der Waals surface area (Å²) in [7, 11) is 0. The van der Waals surface area contributed by atoms with Crippen molar-refractivity contribution in [2.24, 2.45) is 17.6 Å². The SMILES string of the molecule is C[C@H](OC(=O)CN1C(=O)[C@H]2CCCC[C@H]2C1=O)C(N)=O. The Bertz CT molecular complexity index is 438. The molecular weight excluding hydrogens is 264 g/mol. The van der Waals surface area contributed by atoms with Crippen LogP contribution in [0.1, 0.15) is 32.6 Å². The van der Waals surface area contributed by atoms with Gasteiger partial charge in [-0.05, 0) is 19.8 Å². The van der Waals surface area contributed by atoms with Gasteiger partial charge in [-0.15, -0.1) is 0 Å². The van der Waals surface area contributed by atoms with E-state index in [4.69, 9.17) is 10.5 Å². The first-order valence-corrected chi connectivity index (χ1v) is 6.76. The molecule has 1 heterocycles. The average molecular weight is 282 g/mol. The molecular formula is C13H18N2O5. The van der Waals surface area contributed by atoms with E-state index in [9.17, 15) is 19.2 Å². The average Bonchev–Trinajstić information content (AvgIpc) is 2.64. The first-order valence-electron chi connectivity index (χ1n) is 6.76. The number of amides is 3. The normalized spacial score (nSPS) is 27.1. The van der Waals surface area contributed by atoms with Crippen LogP contribution in [0, 0.1) is 11.8 Å². The molecule has 0 spiro atoms. The molecule has 2 fully saturated rings. The third-order valence-corrected chi connectivity index (χ3v) is 3.93. The van der Waals surface area contributed by atoms with Gasteiger partial charge in [0.25, 0.3) is 5.91 Å². The minimum Gasteiger partial charge on any atom is -0.451 e. The van der Waals surface area contributed by atoms with E-state index in [1.165, 1.54) is 6.92 Å².